The summed E-state index contributed by atoms with van der Waals surface area (Å²) in [6.07, 6.45) is 2.98. The van der Waals surface area contributed by atoms with Gasteiger partial charge < -0.3 is 24.6 Å². The number of likely N-dealkylation sites (N-methyl/N-ethyl adjacent to an activating group) is 1. The van der Waals surface area contributed by atoms with Crippen LogP contribution in [0.5, 0.6) is 11.5 Å². The lowest BCUT2D eigenvalue weighted by Crippen LogP contribution is -2.50. The van der Waals surface area contributed by atoms with Gasteiger partial charge in [-0.15, -0.1) is 0 Å². The standard InChI is InChI=1S/C19H31N3O3/c1-4-22-13-7-9-16(15-22)20-19(23)21(2)12-8-14-25-18-11-6-5-10-17(18)24-3/h5-6,10-11,16H,4,7-9,12-15H2,1-3H3,(H,20,23). The number of benzene rings is 1. The van der Waals surface area contributed by atoms with Crippen molar-refractivity contribution in [2.24, 2.45) is 0 Å². The molecule has 0 saturated carbocycles. The van der Waals surface area contributed by atoms with Crippen LogP contribution in [0.1, 0.15) is 26.2 Å². The summed E-state index contributed by atoms with van der Waals surface area (Å²) in [5.74, 6) is 1.46. The zero-order chi connectivity index (χ0) is 18.1. The Kier molecular flexibility index (Phi) is 7.85. The second-order valence-electron chi connectivity index (χ2n) is 6.46. The number of hydrogen-bond acceptors (Lipinski definition) is 4. The maximum atomic E-state index is 12.3. The molecule has 25 heavy (non-hydrogen) atoms. The van der Waals surface area contributed by atoms with Crippen molar-refractivity contribution in [3.8, 4) is 11.5 Å². The van der Waals surface area contributed by atoms with Crippen LogP contribution in [0, 0.1) is 0 Å². The molecule has 140 valence electrons. The molecule has 6 heteroatoms. The van der Waals surface area contributed by atoms with Gasteiger partial charge in [0.15, 0.2) is 11.5 Å². The first-order valence-corrected chi connectivity index (χ1v) is 9.13. The van der Waals surface area contributed by atoms with Crippen molar-refractivity contribution in [1.29, 1.82) is 0 Å². The Balaban J connectivity index is 1.67. The molecule has 0 aliphatic carbocycles. The average molecular weight is 349 g/mol. The van der Waals surface area contributed by atoms with Gasteiger partial charge in [-0.2, -0.15) is 0 Å². The molecule has 0 radical (unpaired) electrons. The molecule has 1 aliphatic heterocycles. The average Bonchev–Trinajstić information content (AvgIpc) is 2.65. The molecular formula is C19H31N3O3. The molecule has 1 aromatic rings. The largest absolute Gasteiger partial charge is 0.493 e. The predicted octanol–water partition coefficient (Wildman–Crippen LogP) is 2.59. The van der Waals surface area contributed by atoms with E-state index in [9.17, 15) is 4.79 Å². The highest BCUT2D eigenvalue weighted by Gasteiger charge is 2.21. The number of methoxy groups -OCH3 is 1. The SMILES string of the molecule is CCN1CCCC(NC(=O)N(C)CCCOc2ccccc2OC)C1. The number of carbonyl (C=O) groups is 1. The fourth-order valence-corrected chi connectivity index (χ4v) is 3.07. The Morgan fingerprint density at radius 2 is 2.12 bits per heavy atom. The van der Waals surface area contributed by atoms with Gasteiger partial charge in [-0.1, -0.05) is 19.1 Å². The number of nitrogens with one attached hydrogen (secondary N) is 1. The van der Waals surface area contributed by atoms with Crippen LogP contribution in [0.4, 0.5) is 4.79 Å². The molecule has 0 spiro atoms. The van der Waals surface area contributed by atoms with E-state index in [4.69, 9.17) is 9.47 Å². The summed E-state index contributed by atoms with van der Waals surface area (Å²) in [5.41, 5.74) is 0. The molecule has 1 N–H and O–H groups in total. The summed E-state index contributed by atoms with van der Waals surface area (Å²) >= 11 is 0. The van der Waals surface area contributed by atoms with Crippen LogP contribution >= 0.6 is 0 Å². The monoisotopic (exact) mass is 349 g/mol. The minimum absolute atomic E-state index is 0.000227. The second-order valence-corrected chi connectivity index (χ2v) is 6.46. The maximum Gasteiger partial charge on any atom is 0.317 e. The van der Waals surface area contributed by atoms with Gasteiger partial charge in [0.05, 0.1) is 13.7 Å². The molecule has 6 nitrogen and oxygen atoms in total. The van der Waals surface area contributed by atoms with E-state index in [2.05, 4.69) is 17.1 Å². The summed E-state index contributed by atoms with van der Waals surface area (Å²) < 4.78 is 11.0. The quantitative estimate of drug-likeness (QED) is 0.733. The van der Waals surface area contributed by atoms with Crippen LogP contribution in [0.15, 0.2) is 24.3 Å². The fraction of sp³-hybridized carbons (Fsp3) is 0.632. The molecule has 0 aromatic heterocycles. The van der Waals surface area contributed by atoms with Crippen LogP contribution in [0.2, 0.25) is 0 Å². The summed E-state index contributed by atoms with van der Waals surface area (Å²) in [4.78, 5) is 16.4. The van der Waals surface area contributed by atoms with Gasteiger partial charge in [-0.05, 0) is 44.5 Å². The summed E-state index contributed by atoms with van der Waals surface area (Å²) in [5, 5.41) is 3.14. The number of para-hydroxylation sites is 2. The zero-order valence-corrected chi connectivity index (χ0v) is 15.7. The van der Waals surface area contributed by atoms with Crippen molar-refractivity contribution in [3.63, 3.8) is 0 Å². The third-order valence-electron chi connectivity index (χ3n) is 4.59. The highest BCUT2D eigenvalue weighted by atomic mass is 16.5. The lowest BCUT2D eigenvalue weighted by molar-refractivity contribution is 0.174. The number of hydrogen-bond donors (Lipinski definition) is 1. The normalized spacial score (nSPS) is 17.8. The van der Waals surface area contributed by atoms with E-state index in [0.717, 1.165) is 50.4 Å². The molecule has 1 aromatic carbocycles. The van der Waals surface area contributed by atoms with Crippen molar-refractivity contribution in [3.05, 3.63) is 24.3 Å². The number of likely N-dealkylation sites (tertiary alicyclic amines) is 1. The first-order chi connectivity index (χ1) is 12.1. The van der Waals surface area contributed by atoms with E-state index in [-0.39, 0.29) is 12.1 Å². The van der Waals surface area contributed by atoms with Gasteiger partial charge in [-0.3, -0.25) is 0 Å². The Morgan fingerprint density at radius 3 is 2.84 bits per heavy atom. The first-order valence-electron chi connectivity index (χ1n) is 9.13. The third kappa shape index (κ3) is 6.12. The highest BCUT2D eigenvalue weighted by Crippen LogP contribution is 2.25. The van der Waals surface area contributed by atoms with Gasteiger partial charge in [0.1, 0.15) is 0 Å². The molecule has 1 unspecified atom stereocenters. The van der Waals surface area contributed by atoms with Crippen molar-refractivity contribution in [2.45, 2.75) is 32.2 Å². The first kappa shape index (κ1) is 19.4. The molecule has 2 rings (SSSR count). The summed E-state index contributed by atoms with van der Waals surface area (Å²) in [6.45, 7) is 6.50. The molecular weight excluding hydrogens is 318 g/mol. The fourth-order valence-electron chi connectivity index (χ4n) is 3.07. The smallest absolute Gasteiger partial charge is 0.317 e. The third-order valence-corrected chi connectivity index (χ3v) is 4.59. The van der Waals surface area contributed by atoms with Crippen molar-refractivity contribution >= 4 is 6.03 Å². The highest BCUT2D eigenvalue weighted by molar-refractivity contribution is 5.74. The zero-order valence-electron chi connectivity index (χ0n) is 15.7. The predicted molar refractivity (Wildman–Crippen MR) is 99.4 cm³/mol. The lowest BCUT2D eigenvalue weighted by Gasteiger charge is -2.33. The van der Waals surface area contributed by atoms with Gasteiger partial charge >= 0.3 is 6.03 Å². The lowest BCUT2D eigenvalue weighted by atomic mass is 10.1. The molecule has 2 amide bonds. The van der Waals surface area contributed by atoms with Crippen LogP contribution in [0.25, 0.3) is 0 Å². The number of rotatable bonds is 8. The maximum absolute atomic E-state index is 12.3. The van der Waals surface area contributed by atoms with Gasteiger partial charge in [-0.25, -0.2) is 4.79 Å². The molecule has 0 bridgehead atoms. The van der Waals surface area contributed by atoms with Crippen LogP contribution < -0.4 is 14.8 Å². The van der Waals surface area contributed by atoms with Gasteiger partial charge in [0.25, 0.3) is 0 Å². The molecule has 1 saturated heterocycles. The molecule has 1 aliphatic rings. The summed E-state index contributed by atoms with van der Waals surface area (Å²) in [7, 11) is 3.46. The summed E-state index contributed by atoms with van der Waals surface area (Å²) in [6, 6.07) is 7.85. The van der Waals surface area contributed by atoms with Crippen LogP contribution in [-0.2, 0) is 0 Å². The van der Waals surface area contributed by atoms with E-state index in [0.29, 0.717) is 13.2 Å². The van der Waals surface area contributed by atoms with Crippen molar-refractivity contribution in [2.75, 3.05) is 46.9 Å². The number of carbonyl (C=O) groups excluding carboxylic acids is 1. The van der Waals surface area contributed by atoms with Crippen LogP contribution in [-0.4, -0.2) is 68.8 Å². The Labute approximate surface area is 151 Å². The van der Waals surface area contributed by atoms with Crippen molar-refractivity contribution < 1.29 is 14.3 Å². The number of amides is 2. The molecule has 1 heterocycles. The van der Waals surface area contributed by atoms with Gasteiger partial charge in [0, 0.05) is 26.2 Å². The van der Waals surface area contributed by atoms with E-state index >= 15 is 0 Å². The Bertz CT molecular complexity index is 538. The minimum Gasteiger partial charge on any atom is -0.493 e. The Hall–Kier alpha value is -1.95. The molecule has 1 atom stereocenters. The Morgan fingerprint density at radius 1 is 1.36 bits per heavy atom. The number of urea groups is 1. The number of ether oxygens (including phenoxy) is 2. The van der Waals surface area contributed by atoms with E-state index in [1.165, 1.54) is 0 Å². The molecule has 1 fully saturated rings. The van der Waals surface area contributed by atoms with Crippen molar-refractivity contribution in [1.82, 2.24) is 15.1 Å². The number of nitrogens with zero attached hydrogens (tertiary/aromatic N) is 2. The van der Waals surface area contributed by atoms with Crippen LogP contribution in [0.3, 0.4) is 0 Å². The second kappa shape index (κ2) is 10.1. The number of piperidine rings is 1. The van der Waals surface area contributed by atoms with E-state index in [1.807, 2.05) is 31.3 Å². The van der Waals surface area contributed by atoms with E-state index < -0.39 is 0 Å². The van der Waals surface area contributed by atoms with Gasteiger partial charge in [0.2, 0.25) is 0 Å². The topological polar surface area (TPSA) is 54.0 Å². The van der Waals surface area contributed by atoms with E-state index in [1.54, 1.807) is 12.0 Å². The minimum atomic E-state index is 0.000227.